The van der Waals surface area contributed by atoms with Crippen molar-refractivity contribution in [1.82, 2.24) is 9.73 Å². The quantitative estimate of drug-likeness (QED) is 0.329. The fourth-order valence-corrected chi connectivity index (χ4v) is 4.37. The van der Waals surface area contributed by atoms with E-state index in [1.165, 1.54) is 52.8 Å². The Hall–Kier alpha value is -2.78. The van der Waals surface area contributed by atoms with Crippen LogP contribution in [0.15, 0.2) is 77.7 Å². The molecule has 0 atom stereocenters. The number of nitrogens with one attached hydrogen (secondary N) is 1. The SMILES string of the molecule is NNC(=O)c1ccc(CN(Cc2ccc(F)cc2)S(=O)(=O)c2ccc(Cl)cc2)cc1. The summed E-state index contributed by atoms with van der Waals surface area (Å²) in [6.45, 7) is 0.0864. The first-order valence-corrected chi connectivity index (χ1v) is 10.7. The smallest absolute Gasteiger partial charge is 0.265 e. The van der Waals surface area contributed by atoms with E-state index in [2.05, 4.69) is 0 Å². The van der Waals surface area contributed by atoms with Crippen LogP contribution in [-0.4, -0.2) is 18.6 Å². The number of nitrogens with zero attached hydrogens (tertiary/aromatic N) is 1. The molecule has 0 spiro atoms. The minimum atomic E-state index is -3.87. The first-order chi connectivity index (χ1) is 14.3. The molecule has 0 bridgehead atoms. The molecular weight excluding hydrogens is 429 g/mol. The van der Waals surface area contributed by atoms with Crippen LogP contribution in [0.25, 0.3) is 0 Å². The summed E-state index contributed by atoms with van der Waals surface area (Å²) in [6.07, 6.45) is 0. The highest BCUT2D eigenvalue weighted by molar-refractivity contribution is 7.89. The van der Waals surface area contributed by atoms with Crippen LogP contribution >= 0.6 is 11.6 Å². The molecule has 0 saturated heterocycles. The Balaban J connectivity index is 1.93. The largest absolute Gasteiger partial charge is 0.290 e. The molecule has 3 N–H and O–H groups in total. The zero-order valence-corrected chi connectivity index (χ0v) is 17.3. The summed E-state index contributed by atoms with van der Waals surface area (Å²) in [5, 5.41) is 0.424. The molecule has 1 amide bonds. The summed E-state index contributed by atoms with van der Waals surface area (Å²) in [6, 6.07) is 17.9. The Morgan fingerprint density at radius 1 is 0.900 bits per heavy atom. The average molecular weight is 448 g/mol. The number of hydrogen-bond donors (Lipinski definition) is 2. The molecule has 3 aromatic carbocycles. The summed E-state index contributed by atoms with van der Waals surface area (Å²) in [4.78, 5) is 11.7. The third-order valence-corrected chi connectivity index (χ3v) is 6.49. The number of rotatable bonds is 7. The number of carbonyl (C=O) groups is 1. The first kappa shape index (κ1) is 21.9. The van der Waals surface area contributed by atoms with Crippen molar-refractivity contribution in [3.8, 4) is 0 Å². The second kappa shape index (κ2) is 9.36. The lowest BCUT2D eigenvalue weighted by atomic mass is 10.1. The van der Waals surface area contributed by atoms with E-state index in [1.54, 1.807) is 24.3 Å². The molecule has 0 fully saturated rings. The van der Waals surface area contributed by atoms with Gasteiger partial charge in [0, 0.05) is 23.7 Å². The van der Waals surface area contributed by atoms with Gasteiger partial charge in [-0.05, 0) is 59.7 Å². The van der Waals surface area contributed by atoms with Gasteiger partial charge in [-0.15, -0.1) is 0 Å². The van der Waals surface area contributed by atoms with Crippen molar-refractivity contribution in [2.24, 2.45) is 5.84 Å². The van der Waals surface area contributed by atoms with Crippen LogP contribution in [0.1, 0.15) is 21.5 Å². The Morgan fingerprint density at radius 2 is 1.40 bits per heavy atom. The summed E-state index contributed by atoms with van der Waals surface area (Å²) in [7, 11) is -3.87. The van der Waals surface area contributed by atoms with E-state index in [1.807, 2.05) is 5.43 Å². The summed E-state index contributed by atoms with van der Waals surface area (Å²) >= 11 is 5.88. The molecule has 6 nitrogen and oxygen atoms in total. The Labute approximate surface area is 179 Å². The summed E-state index contributed by atoms with van der Waals surface area (Å²) < 4.78 is 41.1. The van der Waals surface area contributed by atoms with E-state index in [-0.39, 0.29) is 18.0 Å². The third-order valence-electron chi connectivity index (χ3n) is 4.43. The van der Waals surface area contributed by atoms with E-state index in [0.717, 1.165) is 0 Å². The van der Waals surface area contributed by atoms with E-state index >= 15 is 0 Å². The summed E-state index contributed by atoms with van der Waals surface area (Å²) in [5.41, 5.74) is 3.70. The minimum Gasteiger partial charge on any atom is -0.290 e. The van der Waals surface area contributed by atoms with Crippen molar-refractivity contribution < 1.29 is 17.6 Å². The van der Waals surface area contributed by atoms with Gasteiger partial charge in [-0.2, -0.15) is 4.31 Å². The predicted molar refractivity (Wildman–Crippen MR) is 112 cm³/mol. The molecule has 0 heterocycles. The Bertz CT molecular complexity index is 1120. The first-order valence-electron chi connectivity index (χ1n) is 8.89. The molecule has 0 aliphatic heterocycles. The van der Waals surface area contributed by atoms with Crippen LogP contribution in [-0.2, 0) is 23.1 Å². The maximum Gasteiger partial charge on any atom is 0.265 e. The molecule has 156 valence electrons. The lowest BCUT2D eigenvalue weighted by Crippen LogP contribution is -2.31. The number of carbonyl (C=O) groups excluding carboxylic acids is 1. The van der Waals surface area contributed by atoms with Crippen LogP contribution in [0.3, 0.4) is 0 Å². The molecule has 0 unspecified atom stereocenters. The number of nitrogens with two attached hydrogens (primary N) is 1. The average Bonchev–Trinajstić information content (AvgIpc) is 2.75. The standard InChI is InChI=1S/C21H19ClFN3O3S/c22-18-7-11-20(12-8-18)30(28,29)26(14-16-3-9-19(23)10-4-16)13-15-1-5-17(6-2-15)21(27)25-24/h1-12H,13-14,24H2,(H,25,27). The van der Waals surface area contributed by atoms with E-state index in [4.69, 9.17) is 17.4 Å². The van der Waals surface area contributed by atoms with Crippen LogP contribution in [0.4, 0.5) is 4.39 Å². The van der Waals surface area contributed by atoms with Gasteiger partial charge in [0.05, 0.1) is 4.90 Å². The molecule has 0 aliphatic rings. The maximum atomic E-state index is 13.3. The van der Waals surface area contributed by atoms with Gasteiger partial charge in [0.2, 0.25) is 10.0 Å². The van der Waals surface area contributed by atoms with Crippen LogP contribution in [0, 0.1) is 5.82 Å². The van der Waals surface area contributed by atoms with Crippen molar-refractivity contribution in [3.63, 3.8) is 0 Å². The van der Waals surface area contributed by atoms with Gasteiger partial charge in [-0.3, -0.25) is 10.2 Å². The zero-order valence-electron chi connectivity index (χ0n) is 15.8. The normalized spacial score (nSPS) is 11.5. The highest BCUT2D eigenvalue weighted by Gasteiger charge is 2.25. The van der Waals surface area contributed by atoms with E-state index in [0.29, 0.717) is 21.7 Å². The number of halogens is 2. The second-order valence-electron chi connectivity index (χ2n) is 6.52. The topological polar surface area (TPSA) is 92.5 Å². The van der Waals surface area contributed by atoms with Crippen LogP contribution in [0.2, 0.25) is 5.02 Å². The Kier molecular flexibility index (Phi) is 6.84. The van der Waals surface area contributed by atoms with Crippen molar-refractivity contribution in [3.05, 3.63) is 100 Å². The molecule has 30 heavy (non-hydrogen) atoms. The predicted octanol–water partition coefficient (Wildman–Crippen LogP) is 3.47. The fourth-order valence-electron chi connectivity index (χ4n) is 2.82. The zero-order chi connectivity index (χ0) is 21.7. The molecule has 9 heteroatoms. The minimum absolute atomic E-state index is 0.0380. The van der Waals surface area contributed by atoms with Crippen molar-refractivity contribution in [1.29, 1.82) is 0 Å². The number of benzene rings is 3. The molecule has 0 saturated carbocycles. The Morgan fingerprint density at radius 3 is 1.90 bits per heavy atom. The number of nitrogen functional groups attached to an aromatic ring is 1. The monoisotopic (exact) mass is 447 g/mol. The van der Waals surface area contributed by atoms with Crippen LogP contribution in [0.5, 0.6) is 0 Å². The van der Waals surface area contributed by atoms with Gasteiger partial charge in [-0.1, -0.05) is 35.9 Å². The molecule has 0 aromatic heterocycles. The fraction of sp³-hybridized carbons (Fsp3) is 0.0952. The van der Waals surface area contributed by atoms with Gasteiger partial charge in [0.15, 0.2) is 0 Å². The highest BCUT2D eigenvalue weighted by atomic mass is 35.5. The number of amides is 1. The van der Waals surface area contributed by atoms with Crippen LogP contribution < -0.4 is 11.3 Å². The molecule has 3 aromatic rings. The maximum absolute atomic E-state index is 13.3. The highest BCUT2D eigenvalue weighted by Crippen LogP contribution is 2.23. The van der Waals surface area contributed by atoms with E-state index < -0.39 is 21.7 Å². The van der Waals surface area contributed by atoms with Crippen molar-refractivity contribution >= 4 is 27.5 Å². The molecule has 3 rings (SSSR count). The van der Waals surface area contributed by atoms with Crippen molar-refractivity contribution in [2.75, 3.05) is 0 Å². The van der Waals surface area contributed by atoms with E-state index in [9.17, 15) is 17.6 Å². The van der Waals surface area contributed by atoms with Gasteiger partial charge < -0.3 is 0 Å². The molecule has 0 aliphatic carbocycles. The molecular formula is C21H19ClFN3O3S. The van der Waals surface area contributed by atoms with Gasteiger partial charge in [0.1, 0.15) is 5.82 Å². The number of sulfonamides is 1. The van der Waals surface area contributed by atoms with Gasteiger partial charge in [0.25, 0.3) is 5.91 Å². The lowest BCUT2D eigenvalue weighted by molar-refractivity contribution is 0.0953. The molecule has 0 radical (unpaired) electrons. The van der Waals surface area contributed by atoms with Gasteiger partial charge >= 0.3 is 0 Å². The second-order valence-corrected chi connectivity index (χ2v) is 8.90. The third kappa shape index (κ3) is 5.22. The number of hydrogen-bond acceptors (Lipinski definition) is 4. The van der Waals surface area contributed by atoms with Crippen molar-refractivity contribution in [2.45, 2.75) is 18.0 Å². The summed E-state index contributed by atoms with van der Waals surface area (Å²) in [5.74, 6) is 4.28. The number of hydrazine groups is 1. The van der Waals surface area contributed by atoms with Gasteiger partial charge in [-0.25, -0.2) is 18.7 Å². The lowest BCUT2D eigenvalue weighted by Gasteiger charge is -2.23.